The second kappa shape index (κ2) is 5.92. The van der Waals surface area contributed by atoms with Crippen molar-refractivity contribution in [3.8, 4) is 0 Å². The molecule has 0 saturated carbocycles. The Kier molecular flexibility index (Phi) is 3.82. The van der Waals surface area contributed by atoms with Gasteiger partial charge in [0.2, 0.25) is 5.78 Å². The van der Waals surface area contributed by atoms with Crippen LogP contribution in [0.1, 0.15) is 34.3 Å². The molecule has 0 aromatic heterocycles. The van der Waals surface area contributed by atoms with Gasteiger partial charge in [-0.1, -0.05) is 36.4 Å². The molecule has 3 rings (SSSR count). The van der Waals surface area contributed by atoms with Crippen LogP contribution in [0.25, 0.3) is 0 Å². The monoisotopic (exact) mass is 278 g/mol. The Morgan fingerprint density at radius 2 is 1.90 bits per heavy atom. The fourth-order valence-electron chi connectivity index (χ4n) is 2.63. The Morgan fingerprint density at radius 3 is 2.76 bits per heavy atom. The van der Waals surface area contributed by atoms with Crippen molar-refractivity contribution < 1.29 is 4.79 Å². The van der Waals surface area contributed by atoms with Crippen molar-refractivity contribution in [2.45, 2.75) is 26.2 Å². The number of aryl methyl sites for hydroxylation is 2. The molecular formula is C18H18N2O. The summed E-state index contributed by atoms with van der Waals surface area (Å²) in [5.41, 5.74) is 7.62. The minimum atomic E-state index is 0.0447. The van der Waals surface area contributed by atoms with Crippen LogP contribution in [0, 0.1) is 6.92 Å². The van der Waals surface area contributed by atoms with Crippen LogP contribution in [-0.4, -0.2) is 11.5 Å². The number of anilines is 1. The maximum absolute atomic E-state index is 12.6. The number of carbonyl (C=O) groups is 1. The number of benzene rings is 2. The molecule has 2 aromatic carbocycles. The van der Waals surface area contributed by atoms with Gasteiger partial charge in [-0.25, -0.2) is 0 Å². The van der Waals surface area contributed by atoms with Crippen LogP contribution in [0.4, 0.5) is 5.69 Å². The van der Waals surface area contributed by atoms with Crippen LogP contribution < -0.4 is 5.43 Å². The molecule has 0 heterocycles. The lowest BCUT2D eigenvalue weighted by Gasteiger charge is -2.06. The maximum atomic E-state index is 12.6. The first-order valence-corrected chi connectivity index (χ1v) is 7.26. The molecule has 1 N–H and O–H groups in total. The quantitative estimate of drug-likeness (QED) is 0.667. The summed E-state index contributed by atoms with van der Waals surface area (Å²) in [4.78, 5) is 12.6. The Balaban J connectivity index is 1.85. The zero-order valence-corrected chi connectivity index (χ0v) is 12.1. The number of nitrogens with zero attached hydrogens (tertiary/aromatic N) is 1. The zero-order chi connectivity index (χ0) is 14.7. The first-order valence-electron chi connectivity index (χ1n) is 7.26. The SMILES string of the molecule is Cc1cccc(N/N=C2/CCCc3ccccc3C2=O)c1. The molecule has 0 fully saturated rings. The number of hydrazone groups is 1. The predicted octanol–water partition coefficient (Wildman–Crippen LogP) is 3.98. The van der Waals surface area contributed by atoms with Crippen molar-refractivity contribution >= 4 is 17.2 Å². The smallest absolute Gasteiger partial charge is 0.209 e. The third kappa shape index (κ3) is 3.02. The Morgan fingerprint density at radius 1 is 1.05 bits per heavy atom. The minimum Gasteiger partial charge on any atom is -0.287 e. The number of hydrogen-bond acceptors (Lipinski definition) is 3. The normalized spacial score (nSPS) is 16.4. The average molecular weight is 278 g/mol. The molecule has 0 atom stereocenters. The van der Waals surface area contributed by atoms with Crippen LogP contribution in [-0.2, 0) is 6.42 Å². The van der Waals surface area contributed by atoms with Gasteiger partial charge in [0.25, 0.3) is 0 Å². The Hall–Kier alpha value is -2.42. The summed E-state index contributed by atoms with van der Waals surface area (Å²) in [6.07, 6.45) is 2.61. The Bertz CT molecular complexity index is 704. The number of hydrogen-bond donors (Lipinski definition) is 1. The molecule has 106 valence electrons. The van der Waals surface area contributed by atoms with E-state index in [2.05, 4.69) is 10.5 Å². The van der Waals surface area contributed by atoms with Gasteiger partial charge in [-0.05, 0) is 49.4 Å². The molecule has 0 unspecified atom stereocenters. The van der Waals surface area contributed by atoms with Crippen LogP contribution in [0.5, 0.6) is 0 Å². The standard InChI is InChI=1S/C18H18N2O/c1-13-6-4-9-15(12-13)19-20-17-11-5-8-14-7-2-3-10-16(14)18(17)21/h2-4,6-7,9-10,12,19H,5,8,11H2,1H3/b20-17-. The highest BCUT2D eigenvalue weighted by molar-refractivity contribution is 6.46. The number of Topliss-reactive ketones (excluding diaryl/α,β-unsaturated/α-hetero) is 1. The lowest BCUT2D eigenvalue weighted by Crippen LogP contribution is -2.15. The average Bonchev–Trinajstić information content (AvgIpc) is 2.65. The number of nitrogens with one attached hydrogen (secondary N) is 1. The van der Waals surface area contributed by atoms with Gasteiger partial charge in [-0.15, -0.1) is 0 Å². The van der Waals surface area contributed by atoms with E-state index in [1.165, 1.54) is 0 Å². The molecule has 0 spiro atoms. The van der Waals surface area contributed by atoms with Gasteiger partial charge in [0.15, 0.2) is 0 Å². The van der Waals surface area contributed by atoms with Gasteiger partial charge in [0, 0.05) is 5.56 Å². The fraction of sp³-hybridized carbons (Fsp3) is 0.222. The first-order chi connectivity index (χ1) is 10.2. The van der Waals surface area contributed by atoms with Crippen LogP contribution >= 0.6 is 0 Å². The minimum absolute atomic E-state index is 0.0447. The van der Waals surface area contributed by atoms with E-state index in [-0.39, 0.29) is 5.78 Å². The van der Waals surface area contributed by atoms with Crippen molar-refractivity contribution in [2.24, 2.45) is 5.10 Å². The number of ketones is 1. The van der Waals surface area contributed by atoms with Crippen LogP contribution in [0.15, 0.2) is 53.6 Å². The summed E-state index contributed by atoms with van der Waals surface area (Å²) in [7, 11) is 0. The second-order valence-corrected chi connectivity index (χ2v) is 5.38. The highest BCUT2D eigenvalue weighted by atomic mass is 16.1. The van der Waals surface area contributed by atoms with Crippen molar-refractivity contribution in [3.63, 3.8) is 0 Å². The highest BCUT2D eigenvalue weighted by Gasteiger charge is 2.20. The summed E-state index contributed by atoms with van der Waals surface area (Å²) in [6, 6.07) is 15.8. The van der Waals surface area contributed by atoms with Crippen LogP contribution in [0.3, 0.4) is 0 Å². The molecule has 3 nitrogen and oxygen atoms in total. The predicted molar refractivity (Wildman–Crippen MR) is 85.9 cm³/mol. The van der Waals surface area contributed by atoms with Crippen molar-refractivity contribution in [2.75, 3.05) is 5.43 Å². The molecule has 0 saturated heterocycles. The molecule has 2 aromatic rings. The van der Waals surface area contributed by atoms with E-state index < -0.39 is 0 Å². The van der Waals surface area contributed by atoms with Gasteiger partial charge in [-0.2, -0.15) is 5.10 Å². The fourth-order valence-corrected chi connectivity index (χ4v) is 2.63. The summed E-state index contributed by atoms with van der Waals surface area (Å²) < 4.78 is 0. The van der Waals surface area contributed by atoms with Crippen molar-refractivity contribution in [3.05, 3.63) is 65.2 Å². The van der Waals surface area contributed by atoms with E-state index in [4.69, 9.17) is 0 Å². The second-order valence-electron chi connectivity index (χ2n) is 5.38. The highest BCUT2D eigenvalue weighted by Crippen LogP contribution is 2.19. The largest absolute Gasteiger partial charge is 0.287 e. The molecule has 0 aliphatic heterocycles. The van der Waals surface area contributed by atoms with E-state index in [9.17, 15) is 4.79 Å². The maximum Gasteiger partial charge on any atom is 0.209 e. The molecule has 21 heavy (non-hydrogen) atoms. The third-order valence-electron chi connectivity index (χ3n) is 3.72. The van der Waals surface area contributed by atoms with E-state index in [0.29, 0.717) is 12.1 Å². The molecule has 0 bridgehead atoms. The first kappa shape index (κ1) is 13.6. The molecule has 0 radical (unpaired) electrons. The van der Waals surface area contributed by atoms with Gasteiger partial charge in [-0.3, -0.25) is 10.2 Å². The number of carbonyl (C=O) groups excluding carboxylic acids is 1. The number of fused-ring (bicyclic) bond motifs is 1. The molecule has 3 heteroatoms. The van der Waals surface area contributed by atoms with E-state index >= 15 is 0 Å². The van der Waals surface area contributed by atoms with Gasteiger partial charge >= 0.3 is 0 Å². The van der Waals surface area contributed by atoms with Gasteiger partial charge in [0.1, 0.15) is 5.71 Å². The van der Waals surface area contributed by atoms with Crippen molar-refractivity contribution in [1.82, 2.24) is 0 Å². The zero-order valence-electron chi connectivity index (χ0n) is 12.1. The van der Waals surface area contributed by atoms with Crippen LogP contribution in [0.2, 0.25) is 0 Å². The summed E-state index contributed by atoms with van der Waals surface area (Å²) in [6.45, 7) is 2.03. The third-order valence-corrected chi connectivity index (χ3v) is 3.72. The topological polar surface area (TPSA) is 41.5 Å². The summed E-state index contributed by atoms with van der Waals surface area (Å²) >= 11 is 0. The molecule has 1 aliphatic rings. The van der Waals surface area contributed by atoms with Gasteiger partial charge < -0.3 is 0 Å². The lowest BCUT2D eigenvalue weighted by molar-refractivity contribution is 0.106. The summed E-state index contributed by atoms with van der Waals surface area (Å²) in [5.74, 6) is 0.0447. The molecular weight excluding hydrogens is 260 g/mol. The lowest BCUT2D eigenvalue weighted by atomic mass is 10.0. The van der Waals surface area contributed by atoms with E-state index in [0.717, 1.165) is 35.2 Å². The summed E-state index contributed by atoms with van der Waals surface area (Å²) in [5, 5.41) is 4.35. The van der Waals surface area contributed by atoms with E-state index in [1.54, 1.807) is 0 Å². The molecule has 1 aliphatic carbocycles. The van der Waals surface area contributed by atoms with Crippen molar-refractivity contribution in [1.29, 1.82) is 0 Å². The van der Waals surface area contributed by atoms with Gasteiger partial charge in [0.05, 0.1) is 5.69 Å². The number of rotatable bonds is 2. The molecule has 0 amide bonds. The Labute approximate surface area is 124 Å². The van der Waals surface area contributed by atoms with E-state index in [1.807, 2.05) is 55.5 Å².